The Morgan fingerprint density at radius 3 is 2.73 bits per heavy atom. The molecular formula is C18H25ClN4O3. The number of aliphatic carboxylic acids is 1. The predicted molar refractivity (Wildman–Crippen MR) is 98.7 cm³/mol. The Kier molecular flexibility index (Phi) is 6.13. The molecule has 8 heteroatoms. The SMILES string of the molecule is CCN(CC(=O)O)C1CC(NC(=O)C2CNNC2c2ccccc2Cl)C1. The molecular weight excluding hydrogens is 356 g/mol. The second-order valence-corrected chi connectivity index (χ2v) is 7.33. The molecule has 0 spiro atoms. The highest BCUT2D eigenvalue weighted by Crippen LogP contribution is 2.31. The highest BCUT2D eigenvalue weighted by Gasteiger charge is 2.39. The summed E-state index contributed by atoms with van der Waals surface area (Å²) in [7, 11) is 0. The van der Waals surface area contributed by atoms with Gasteiger partial charge in [0.15, 0.2) is 0 Å². The molecule has 2 unspecified atom stereocenters. The molecule has 1 amide bonds. The van der Waals surface area contributed by atoms with Crippen LogP contribution in [0.5, 0.6) is 0 Å². The third-order valence-corrected chi connectivity index (χ3v) is 5.62. The summed E-state index contributed by atoms with van der Waals surface area (Å²) in [5.41, 5.74) is 7.10. The molecule has 0 bridgehead atoms. The quantitative estimate of drug-likeness (QED) is 0.567. The van der Waals surface area contributed by atoms with Crippen LogP contribution in [0.25, 0.3) is 0 Å². The van der Waals surface area contributed by atoms with E-state index >= 15 is 0 Å². The van der Waals surface area contributed by atoms with Gasteiger partial charge in [-0.05, 0) is 31.0 Å². The van der Waals surface area contributed by atoms with Crippen molar-refractivity contribution in [2.45, 2.75) is 37.9 Å². The van der Waals surface area contributed by atoms with Crippen LogP contribution >= 0.6 is 11.6 Å². The third kappa shape index (κ3) is 4.17. The first kappa shape index (κ1) is 19.1. The Morgan fingerprint density at radius 2 is 2.08 bits per heavy atom. The molecule has 0 radical (unpaired) electrons. The van der Waals surface area contributed by atoms with Gasteiger partial charge in [0.05, 0.1) is 18.5 Å². The number of carbonyl (C=O) groups is 2. The Labute approximate surface area is 158 Å². The average Bonchev–Trinajstić information content (AvgIpc) is 3.05. The van der Waals surface area contributed by atoms with Crippen molar-refractivity contribution in [2.24, 2.45) is 5.92 Å². The number of hydrazine groups is 1. The van der Waals surface area contributed by atoms with Crippen molar-refractivity contribution in [1.82, 2.24) is 21.1 Å². The highest BCUT2D eigenvalue weighted by atomic mass is 35.5. The zero-order chi connectivity index (χ0) is 18.7. The van der Waals surface area contributed by atoms with E-state index in [0.717, 1.165) is 18.4 Å². The minimum Gasteiger partial charge on any atom is -0.480 e. The molecule has 1 heterocycles. The fourth-order valence-electron chi connectivity index (χ4n) is 3.75. The first-order chi connectivity index (χ1) is 12.5. The Hall–Kier alpha value is -1.67. The summed E-state index contributed by atoms with van der Waals surface area (Å²) >= 11 is 6.28. The van der Waals surface area contributed by atoms with Crippen LogP contribution in [-0.2, 0) is 9.59 Å². The van der Waals surface area contributed by atoms with Gasteiger partial charge in [0, 0.05) is 23.7 Å². The number of halogens is 1. The topological polar surface area (TPSA) is 93.7 Å². The maximum absolute atomic E-state index is 12.7. The lowest BCUT2D eigenvalue weighted by Gasteiger charge is -2.42. The van der Waals surface area contributed by atoms with E-state index in [2.05, 4.69) is 16.2 Å². The lowest BCUT2D eigenvalue weighted by atomic mass is 9.84. The van der Waals surface area contributed by atoms with Gasteiger partial charge in [-0.25, -0.2) is 5.43 Å². The summed E-state index contributed by atoms with van der Waals surface area (Å²) in [4.78, 5) is 25.6. The van der Waals surface area contributed by atoms with E-state index in [9.17, 15) is 9.59 Å². The van der Waals surface area contributed by atoms with Gasteiger partial charge in [0.25, 0.3) is 0 Å². The average molecular weight is 381 g/mol. The maximum Gasteiger partial charge on any atom is 0.317 e. The van der Waals surface area contributed by atoms with Crippen molar-refractivity contribution in [2.75, 3.05) is 19.6 Å². The van der Waals surface area contributed by atoms with E-state index in [4.69, 9.17) is 16.7 Å². The van der Waals surface area contributed by atoms with Gasteiger partial charge < -0.3 is 10.4 Å². The minimum absolute atomic E-state index is 0.00264. The molecule has 1 aliphatic heterocycles. The molecule has 142 valence electrons. The van der Waals surface area contributed by atoms with E-state index in [1.165, 1.54) is 0 Å². The van der Waals surface area contributed by atoms with Crippen LogP contribution in [0.3, 0.4) is 0 Å². The molecule has 1 aromatic carbocycles. The van der Waals surface area contributed by atoms with Crippen LogP contribution in [-0.4, -0.2) is 53.6 Å². The Bertz CT molecular complexity index is 666. The molecule has 26 heavy (non-hydrogen) atoms. The monoisotopic (exact) mass is 380 g/mol. The second kappa shape index (κ2) is 8.35. The fourth-order valence-corrected chi connectivity index (χ4v) is 4.00. The first-order valence-electron chi connectivity index (χ1n) is 8.98. The molecule has 4 N–H and O–H groups in total. The molecule has 2 aliphatic rings. The van der Waals surface area contributed by atoms with Crippen LogP contribution in [0.15, 0.2) is 24.3 Å². The van der Waals surface area contributed by atoms with Crippen LogP contribution in [0, 0.1) is 5.92 Å². The van der Waals surface area contributed by atoms with E-state index < -0.39 is 5.97 Å². The van der Waals surface area contributed by atoms with Gasteiger partial charge in [-0.15, -0.1) is 0 Å². The van der Waals surface area contributed by atoms with Crippen molar-refractivity contribution >= 4 is 23.5 Å². The summed E-state index contributed by atoms with van der Waals surface area (Å²) in [6.45, 7) is 3.24. The number of carboxylic acids is 1. The number of nitrogens with zero attached hydrogens (tertiary/aromatic N) is 1. The van der Waals surface area contributed by atoms with Crippen molar-refractivity contribution < 1.29 is 14.7 Å². The predicted octanol–water partition coefficient (Wildman–Crippen LogP) is 1.16. The molecule has 3 rings (SSSR count). The van der Waals surface area contributed by atoms with Gasteiger partial charge in [-0.2, -0.15) is 0 Å². The molecule has 1 aromatic rings. The van der Waals surface area contributed by atoms with Crippen molar-refractivity contribution in [3.8, 4) is 0 Å². The number of carboxylic acid groups (broad SMARTS) is 1. The van der Waals surface area contributed by atoms with Crippen LogP contribution in [0.4, 0.5) is 0 Å². The number of amides is 1. The highest BCUT2D eigenvalue weighted by molar-refractivity contribution is 6.31. The number of likely N-dealkylation sites (N-methyl/N-ethyl adjacent to an activating group) is 1. The Morgan fingerprint density at radius 1 is 1.35 bits per heavy atom. The van der Waals surface area contributed by atoms with Gasteiger partial charge in [0.1, 0.15) is 0 Å². The molecule has 7 nitrogen and oxygen atoms in total. The van der Waals surface area contributed by atoms with Crippen LogP contribution in [0.2, 0.25) is 5.02 Å². The van der Waals surface area contributed by atoms with E-state index in [-0.39, 0.29) is 36.5 Å². The summed E-state index contributed by atoms with van der Waals surface area (Å²) in [6.07, 6.45) is 1.58. The third-order valence-electron chi connectivity index (χ3n) is 5.28. The normalized spacial score (nSPS) is 28.0. The fraction of sp³-hybridized carbons (Fsp3) is 0.556. The largest absolute Gasteiger partial charge is 0.480 e. The van der Waals surface area contributed by atoms with Crippen molar-refractivity contribution in [3.63, 3.8) is 0 Å². The zero-order valence-corrected chi connectivity index (χ0v) is 15.5. The van der Waals surface area contributed by atoms with Crippen LogP contribution in [0.1, 0.15) is 31.4 Å². The number of carbonyl (C=O) groups excluding carboxylic acids is 1. The summed E-state index contributed by atoms with van der Waals surface area (Å²) in [5.74, 6) is -1.06. The Balaban J connectivity index is 1.54. The van der Waals surface area contributed by atoms with Gasteiger partial charge in [0.2, 0.25) is 5.91 Å². The van der Waals surface area contributed by atoms with E-state index in [1.807, 2.05) is 36.1 Å². The number of benzene rings is 1. The van der Waals surface area contributed by atoms with E-state index in [1.54, 1.807) is 0 Å². The van der Waals surface area contributed by atoms with Gasteiger partial charge >= 0.3 is 5.97 Å². The summed E-state index contributed by atoms with van der Waals surface area (Å²) < 4.78 is 0. The molecule has 0 aromatic heterocycles. The smallest absolute Gasteiger partial charge is 0.317 e. The summed E-state index contributed by atoms with van der Waals surface area (Å²) in [5, 5.41) is 12.7. The first-order valence-corrected chi connectivity index (χ1v) is 9.36. The minimum atomic E-state index is -0.815. The lowest BCUT2D eigenvalue weighted by Crippen LogP contribution is -2.56. The number of rotatable bonds is 7. The van der Waals surface area contributed by atoms with Gasteiger partial charge in [-0.1, -0.05) is 36.7 Å². The maximum atomic E-state index is 12.7. The van der Waals surface area contributed by atoms with Gasteiger partial charge in [-0.3, -0.25) is 19.9 Å². The number of nitrogens with one attached hydrogen (secondary N) is 3. The molecule has 2 atom stereocenters. The molecule has 1 saturated carbocycles. The second-order valence-electron chi connectivity index (χ2n) is 6.92. The standard InChI is InChI=1S/C18H25ClN4O3/c1-2-23(10-16(24)25)12-7-11(8-12)21-18(26)14-9-20-22-17(14)13-5-3-4-6-15(13)19/h3-6,11-12,14,17,20,22H,2,7-10H2,1H3,(H,21,26)(H,24,25). The molecule has 1 aliphatic carbocycles. The van der Waals surface area contributed by atoms with Crippen molar-refractivity contribution in [3.05, 3.63) is 34.9 Å². The van der Waals surface area contributed by atoms with Crippen molar-refractivity contribution in [1.29, 1.82) is 0 Å². The number of hydrogen-bond acceptors (Lipinski definition) is 5. The lowest BCUT2D eigenvalue weighted by molar-refractivity contribution is -0.140. The zero-order valence-electron chi connectivity index (χ0n) is 14.7. The number of hydrogen-bond donors (Lipinski definition) is 4. The molecule has 2 fully saturated rings. The van der Waals surface area contributed by atoms with Crippen LogP contribution < -0.4 is 16.2 Å². The molecule has 1 saturated heterocycles. The van der Waals surface area contributed by atoms with E-state index in [0.29, 0.717) is 18.1 Å². The summed E-state index contributed by atoms with van der Waals surface area (Å²) in [6, 6.07) is 7.69.